The number of aromatic nitrogens is 2. The normalized spacial score (nSPS) is 11.9. The number of aliphatic hydroxyl groups excluding tert-OH is 1. The Balaban J connectivity index is 1.81. The Bertz CT molecular complexity index is 1840. The number of amides is 2. The van der Waals surface area contributed by atoms with Gasteiger partial charge in [-0.15, -0.1) is 0 Å². The van der Waals surface area contributed by atoms with Crippen molar-refractivity contribution >= 4 is 39.5 Å². The van der Waals surface area contributed by atoms with Crippen molar-refractivity contribution in [1.29, 1.82) is 0 Å². The van der Waals surface area contributed by atoms with Crippen LogP contribution >= 0.6 is 0 Å². The van der Waals surface area contributed by atoms with Gasteiger partial charge in [-0.25, -0.2) is 23.2 Å². The molecule has 2 amide bonds. The summed E-state index contributed by atoms with van der Waals surface area (Å²) in [7, 11) is -2.48. The summed E-state index contributed by atoms with van der Waals surface area (Å²) in [5.41, 5.74) is 5.85. The highest BCUT2D eigenvalue weighted by molar-refractivity contribution is 7.89. The minimum atomic E-state index is -4.05. The molecule has 18 heteroatoms. The maximum atomic E-state index is 13.7. The topological polar surface area (TPSA) is 231 Å². The van der Waals surface area contributed by atoms with Crippen LogP contribution in [-0.2, 0) is 40.3 Å². The molecule has 0 unspecified atom stereocenters. The van der Waals surface area contributed by atoms with E-state index in [-0.39, 0.29) is 79.7 Å². The van der Waals surface area contributed by atoms with Gasteiger partial charge in [0, 0.05) is 18.2 Å². The van der Waals surface area contributed by atoms with Crippen LogP contribution in [-0.4, -0.2) is 111 Å². The first-order valence-corrected chi connectivity index (χ1v) is 18.5. The predicted molar refractivity (Wildman–Crippen MR) is 199 cm³/mol. The van der Waals surface area contributed by atoms with Crippen molar-refractivity contribution in [1.82, 2.24) is 19.6 Å². The molecule has 54 heavy (non-hydrogen) atoms. The summed E-state index contributed by atoms with van der Waals surface area (Å²) in [6.07, 6.45) is 0.782. The summed E-state index contributed by atoms with van der Waals surface area (Å²) in [6.45, 7) is 10.7. The van der Waals surface area contributed by atoms with Crippen LogP contribution in [0.1, 0.15) is 57.6 Å². The number of aliphatic hydroxyl groups is 1. The van der Waals surface area contributed by atoms with Crippen molar-refractivity contribution in [2.75, 3.05) is 64.3 Å². The Labute approximate surface area is 315 Å². The van der Waals surface area contributed by atoms with Crippen molar-refractivity contribution < 1.29 is 51.6 Å². The predicted octanol–water partition coefficient (Wildman–Crippen LogP) is 3.37. The van der Waals surface area contributed by atoms with Crippen LogP contribution in [0.3, 0.4) is 0 Å². The van der Waals surface area contributed by atoms with Gasteiger partial charge in [0.1, 0.15) is 30.1 Å². The molecule has 1 heterocycles. The van der Waals surface area contributed by atoms with Crippen molar-refractivity contribution in [3.63, 3.8) is 0 Å². The summed E-state index contributed by atoms with van der Waals surface area (Å²) in [5, 5.41) is 11.6. The van der Waals surface area contributed by atoms with E-state index in [4.69, 9.17) is 34.5 Å². The Morgan fingerprint density at radius 3 is 2.15 bits per heavy atom. The maximum Gasteiger partial charge on any atom is 0.410 e. The Morgan fingerprint density at radius 1 is 0.889 bits per heavy atom. The van der Waals surface area contributed by atoms with Crippen molar-refractivity contribution in [2.24, 2.45) is 0 Å². The number of esters is 1. The number of sulfonamides is 1. The highest BCUT2D eigenvalue weighted by Gasteiger charge is 2.24. The minimum Gasteiger partial charge on any atom is -0.489 e. The zero-order chi connectivity index (χ0) is 40.1. The van der Waals surface area contributed by atoms with Gasteiger partial charge in [-0.2, -0.15) is 4.72 Å². The van der Waals surface area contributed by atoms with E-state index in [2.05, 4.69) is 20.0 Å². The Morgan fingerprint density at radius 2 is 1.52 bits per heavy atom. The molecule has 5 N–H and O–H groups in total. The third-order valence-corrected chi connectivity index (χ3v) is 8.26. The average Bonchev–Trinajstić information content (AvgIpc) is 3.08. The lowest BCUT2D eigenvalue weighted by Gasteiger charge is -2.25. The molecule has 2 aromatic carbocycles. The van der Waals surface area contributed by atoms with E-state index in [1.807, 2.05) is 0 Å². The van der Waals surface area contributed by atoms with Crippen molar-refractivity contribution in [3.8, 4) is 17.0 Å². The highest BCUT2D eigenvalue weighted by Crippen LogP contribution is 2.31. The molecule has 0 bridgehead atoms. The molecule has 0 aliphatic carbocycles. The molecule has 0 aliphatic heterocycles. The molecule has 17 nitrogen and oxygen atoms in total. The highest BCUT2D eigenvalue weighted by atomic mass is 32.2. The first-order valence-electron chi connectivity index (χ1n) is 17.0. The quantitative estimate of drug-likeness (QED) is 0.107. The molecule has 0 aliphatic rings. The molecular formula is C36H50N6O11S. The Hall–Kier alpha value is -4.88. The number of carbonyl (C=O) groups excluding carboxylic acids is 3. The first-order chi connectivity index (χ1) is 25.3. The number of carbonyl (C=O) groups is 3. The molecule has 3 rings (SSSR count). The summed E-state index contributed by atoms with van der Waals surface area (Å²) in [6, 6.07) is 10.6. The fraction of sp³-hybridized carbons (Fsp3) is 0.472. The molecular weight excluding hydrogens is 724 g/mol. The molecule has 0 saturated carbocycles. The number of para-hydroxylation sites is 1. The van der Waals surface area contributed by atoms with Crippen LogP contribution in [0.4, 0.5) is 16.3 Å². The van der Waals surface area contributed by atoms with E-state index in [1.165, 1.54) is 35.4 Å². The molecule has 0 spiro atoms. The number of rotatable bonds is 18. The fourth-order valence-electron chi connectivity index (χ4n) is 4.53. The maximum absolute atomic E-state index is 13.7. The molecule has 1 aromatic heterocycles. The van der Waals surface area contributed by atoms with Crippen LogP contribution in [0.25, 0.3) is 11.3 Å². The van der Waals surface area contributed by atoms with E-state index in [9.17, 15) is 22.8 Å². The number of nitrogens with zero attached hydrogens (tertiary/aromatic N) is 3. The van der Waals surface area contributed by atoms with Crippen LogP contribution in [0, 0.1) is 0 Å². The zero-order valence-electron chi connectivity index (χ0n) is 31.6. The van der Waals surface area contributed by atoms with Gasteiger partial charge < -0.3 is 44.7 Å². The van der Waals surface area contributed by atoms with E-state index in [0.29, 0.717) is 11.1 Å². The van der Waals surface area contributed by atoms with Gasteiger partial charge in [0.2, 0.25) is 10.0 Å². The zero-order valence-corrected chi connectivity index (χ0v) is 32.4. The molecule has 3 aromatic rings. The Kier molecular flexibility index (Phi) is 15.7. The lowest BCUT2D eigenvalue weighted by molar-refractivity contribution is -0.153. The van der Waals surface area contributed by atoms with Gasteiger partial charge in [-0.05, 0) is 59.7 Å². The summed E-state index contributed by atoms with van der Waals surface area (Å²) in [5.74, 6) is -1.34. The number of benzene rings is 2. The second-order valence-corrected chi connectivity index (χ2v) is 15.6. The standard InChI is InChI=1S/C36H50N6O11S/c1-35(2,3)52-29(44)22-39-54(47,48)26-13-11-24(12-14-26)28-21-38-32(37)30(40-28)33(45)41-27-10-8-9-25(23-42(7)34(46)53-36(4,5)6)31(27)51-20-19-50-18-17-49-16-15-43/h8-14,21,39,43H,15-20,22-23H2,1-7H3,(H2,37,38)(H,41,45). The molecule has 0 atom stereocenters. The van der Waals surface area contributed by atoms with Gasteiger partial charge in [-0.1, -0.05) is 24.3 Å². The molecule has 0 radical (unpaired) electrons. The summed E-state index contributed by atoms with van der Waals surface area (Å²) in [4.78, 5) is 48.2. The van der Waals surface area contributed by atoms with Gasteiger partial charge in [0.05, 0.1) is 62.1 Å². The van der Waals surface area contributed by atoms with Gasteiger partial charge in [0.25, 0.3) is 5.91 Å². The van der Waals surface area contributed by atoms with E-state index >= 15 is 0 Å². The largest absolute Gasteiger partial charge is 0.489 e. The molecule has 0 fully saturated rings. The lowest BCUT2D eigenvalue weighted by atomic mass is 10.1. The average molecular weight is 775 g/mol. The van der Waals surface area contributed by atoms with Gasteiger partial charge in [0.15, 0.2) is 11.5 Å². The van der Waals surface area contributed by atoms with Gasteiger partial charge in [-0.3, -0.25) is 9.59 Å². The summed E-state index contributed by atoms with van der Waals surface area (Å²) >= 11 is 0. The monoisotopic (exact) mass is 774 g/mol. The number of hydrogen-bond acceptors (Lipinski definition) is 14. The lowest BCUT2D eigenvalue weighted by Crippen LogP contribution is -2.34. The SMILES string of the molecule is CN(Cc1cccc(NC(=O)c2nc(-c3ccc(S(=O)(=O)NCC(=O)OC(C)(C)C)cc3)cnc2N)c1OCCOCCOCCO)C(=O)OC(C)(C)C. The number of anilines is 2. The number of nitrogens with two attached hydrogens (primary N) is 1. The molecule has 296 valence electrons. The third-order valence-electron chi connectivity index (χ3n) is 6.84. The number of nitrogens with one attached hydrogen (secondary N) is 2. The second kappa shape index (κ2) is 19.4. The van der Waals surface area contributed by atoms with Crippen LogP contribution < -0.4 is 20.5 Å². The first kappa shape index (κ1) is 43.5. The van der Waals surface area contributed by atoms with E-state index < -0.39 is 45.7 Å². The number of nitrogen functional groups attached to an aromatic ring is 1. The summed E-state index contributed by atoms with van der Waals surface area (Å²) < 4.78 is 55.2. The molecule has 0 saturated heterocycles. The van der Waals surface area contributed by atoms with Gasteiger partial charge >= 0.3 is 12.1 Å². The van der Waals surface area contributed by atoms with E-state index in [1.54, 1.807) is 66.8 Å². The number of ether oxygens (including phenoxy) is 5. The van der Waals surface area contributed by atoms with E-state index in [0.717, 1.165) is 0 Å². The van der Waals surface area contributed by atoms with Crippen LogP contribution in [0.2, 0.25) is 0 Å². The smallest absolute Gasteiger partial charge is 0.410 e. The second-order valence-electron chi connectivity index (χ2n) is 13.8. The van der Waals surface area contributed by atoms with Crippen molar-refractivity contribution in [2.45, 2.75) is 64.2 Å². The number of hydrogen-bond donors (Lipinski definition) is 4. The third kappa shape index (κ3) is 14.2. The van der Waals surface area contributed by atoms with Crippen LogP contribution in [0.5, 0.6) is 5.75 Å². The van der Waals surface area contributed by atoms with Crippen LogP contribution in [0.15, 0.2) is 53.6 Å². The minimum absolute atomic E-state index is 0.0729. The van der Waals surface area contributed by atoms with Crippen molar-refractivity contribution in [3.05, 3.63) is 59.9 Å². The fourth-order valence-corrected chi connectivity index (χ4v) is 5.50.